The van der Waals surface area contributed by atoms with Gasteiger partial charge in [-0.25, -0.2) is 0 Å². The molecule has 2 aliphatic carbocycles. The number of piperazine rings is 1. The van der Waals surface area contributed by atoms with Crippen LogP contribution in [0.1, 0.15) is 64.2 Å². The molecule has 0 unspecified atom stereocenters. The summed E-state index contributed by atoms with van der Waals surface area (Å²) in [6, 6.07) is 0. The van der Waals surface area contributed by atoms with Crippen LogP contribution in [0.25, 0.3) is 0 Å². The average Bonchev–Trinajstić information content (AvgIpc) is 2.47. The van der Waals surface area contributed by atoms with E-state index in [1.165, 1.54) is 90.4 Å². The first-order valence-electron chi connectivity index (χ1n) is 8.52. The van der Waals surface area contributed by atoms with Crippen molar-refractivity contribution in [3.8, 4) is 0 Å². The molecule has 0 aromatic rings. The van der Waals surface area contributed by atoms with Gasteiger partial charge in [-0.05, 0) is 44.9 Å². The number of allylic oxidation sites excluding steroid dienone is 1. The molecule has 108 valence electrons. The fourth-order valence-corrected chi connectivity index (χ4v) is 4.23. The quantitative estimate of drug-likeness (QED) is 0.783. The lowest BCUT2D eigenvalue weighted by Crippen LogP contribution is -2.61. The van der Waals surface area contributed by atoms with E-state index in [0.29, 0.717) is 5.54 Å². The topological polar surface area (TPSA) is 15.3 Å². The van der Waals surface area contributed by atoms with E-state index in [1.807, 2.05) is 0 Å². The zero-order chi connectivity index (χ0) is 13.0. The second kappa shape index (κ2) is 6.41. The number of hydrogen-bond acceptors (Lipinski definition) is 2. The summed E-state index contributed by atoms with van der Waals surface area (Å²) < 4.78 is 0. The van der Waals surface area contributed by atoms with Crippen LogP contribution in [-0.2, 0) is 0 Å². The van der Waals surface area contributed by atoms with E-state index in [2.05, 4.69) is 16.3 Å². The van der Waals surface area contributed by atoms with Crippen LogP contribution in [0.2, 0.25) is 0 Å². The summed E-state index contributed by atoms with van der Waals surface area (Å²) in [5.41, 5.74) is 2.22. The lowest BCUT2D eigenvalue weighted by Gasteiger charge is -2.46. The molecule has 1 aliphatic heterocycles. The van der Waals surface area contributed by atoms with Crippen molar-refractivity contribution in [2.75, 3.05) is 26.2 Å². The van der Waals surface area contributed by atoms with Gasteiger partial charge in [0.05, 0.1) is 0 Å². The Morgan fingerprint density at radius 2 is 2.00 bits per heavy atom. The van der Waals surface area contributed by atoms with Crippen molar-refractivity contribution in [2.24, 2.45) is 0 Å². The van der Waals surface area contributed by atoms with Gasteiger partial charge in [-0.1, -0.05) is 30.9 Å². The molecule has 0 amide bonds. The maximum absolute atomic E-state index is 3.85. The van der Waals surface area contributed by atoms with Gasteiger partial charge in [0.25, 0.3) is 0 Å². The van der Waals surface area contributed by atoms with Crippen LogP contribution < -0.4 is 5.32 Å². The van der Waals surface area contributed by atoms with E-state index in [1.54, 1.807) is 5.57 Å². The maximum Gasteiger partial charge on any atom is 0.0309 e. The number of nitrogens with one attached hydrogen (secondary N) is 1. The van der Waals surface area contributed by atoms with Crippen LogP contribution in [0.15, 0.2) is 11.6 Å². The van der Waals surface area contributed by atoms with Gasteiger partial charge in [-0.15, -0.1) is 0 Å². The third-order valence-electron chi connectivity index (χ3n) is 5.40. The minimum atomic E-state index is 0.484. The van der Waals surface area contributed by atoms with E-state index >= 15 is 0 Å². The molecule has 0 aromatic carbocycles. The highest BCUT2D eigenvalue weighted by Crippen LogP contribution is 2.31. The highest BCUT2D eigenvalue weighted by Gasteiger charge is 2.35. The summed E-state index contributed by atoms with van der Waals surface area (Å²) in [4.78, 5) is 2.73. The van der Waals surface area contributed by atoms with Crippen molar-refractivity contribution in [1.82, 2.24) is 10.2 Å². The van der Waals surface area contributed by atoms with Gasteiger partial charge in [0.15, 0.2) is 0 Å². The van der Waals surface area contributed by atoms with Crippen LogP contribution in [0.5, 0.6) is 0 Å². The van der Waals surface area contributed by atoms with Gasteiger partial charge in [0.1, 0.15) is 0 Å². The lowest BCUT2D eigenvalue weighted by atomic mass is 9.80. The molecule has 1 saturated heterocycles. The molecule has 3 aliphatic rings. The molecular weight excluding hydrogens is 232 g/mol. The summed E-state index contributed by atoms with van der Waals surface area (Å²) in [5, 5.41) is 3.85. The van der Waals surface area contributed by atoms with E-state index < -0.39 is 0 Å². The molecule has 2 nitrogen and oxygen atoms in total. The summed E-state index contributed by atoms with van der Waals surface area (Å²) in [6.45, 7) is 5.07. The Labute approximate surface area is 118 Å². The van der Waals surface area contributed by atoms with Gasteiger partial charge < -0.3 is 5.32 Å². The molecule has 19 heavy (non-hydrogen) atoms. The molecule has 0 radical (unpaired) electrons. The Morgan fingerprint density at radius 3 is 2.79 bits per heavy atom. The van der Waals surface area contributed by atoms with Gasteiger partial charge in [-0.3, -0.25) is 4.90 Å². The van der Waals surface area contributed by atoms with E-state index in [4.69, 9.17) is 0 Å². The van der Waals surface area contributed by atoms with Crippen LogP contribution >= 0.6 is 0 Å². The molecule has 0 aromatic heterocycles. The summed E-state index contributed by atoms with van der Waals surface area (Å²) in [6.07, 6.45) is 16.5. The van der Waals surface area contributed by atoms with Crippen LogP contribution in [0.3, 0.4) is 0 Å². The largest absolute Gasteiger partial charge is 0.309 e. The lowest BCUT2D eigenvalue weighted by molar-refractivity contribution is 0.100. The standard InChI is InChI=1S/C17H30N2/c1-3-7-16(8-4-1)9-13-19-14-12-18-17(15-19)10-5-2-6-11-17/h7,18H,1-6,8-15H2. The molecule has 0 atom stereocenters. The Kier molecular flexibility index (Phi) is 4.60. The van der Waals surface area contributed by atoms with Crippen molar-refractivity contribution >= 4 is 0 Å². The van der Waals surface area contributed by atoms with Crippen molar-refractivity contribution in [3.05, 3.63) is 11.6 Å². The van der Waals surface area contributed by atoms with Gasteiger partial charge in [-0.2, -0.15) is 0 Å². The molecule has 2 fully saturated rings. The SMILES string of the molecule is C1=C(CCN2CCNC3(CCCCC3)C2)CCCC1. The van der Waals surface area contributed by atoms with Crippen LogP contribution in [-0.4, -0.2) is 36.6 Å². The first kappa shape index (κ1) is 13.6. The zero-order valence-electron chi connectivity index (χ0n) is 12.4. The fourth-order valence-electron chi connectivity index (χ4n) is 4.23. The first-order valence-corrected chi connectivity index (χ1v) is 8.52. The second-order valence-corrected chi connectivity index (χ2v) is 6.90. The Morgan fingerprint density at radius 1 is 1.11 bits per heavy atom. The van der Waals surface area contributed by atoms with E-state index in [9.17, 15) is 0 Å². The van der Waals surface area contributed by atoms with E-state index in [0.717, 1.165) is 0 Å². The van der Waals surface area contributed by atoms with Crippen LogP contribution in [0.4, 0.5) is 0 Å². The normalized spacial score (nSPS) is 28.3. The summed E-state index contributed by atoms with van der Waals surface area (Å²) >= 11 is 0. The van der Waals surface area contributed by atoms with Crippen molar-refractivity contribution < 1.29 is 0 Å². The molecule has 2 heteroatoms. The predicted octanol–water partition coefficient (Wildman–Crippen LogP) is 3.49. The maximum atomic E-state index is 3.85. The van der Waals surface area contributed by atoms with Gasteiger partial charge >= 0.3 is 0 Å². The smallest absolute Gasteiger partial charge is 0.0309 e. The molecule has 3 rings (SSSR count). The molecular formula is C17H30N2. The van der Waals surface area contributed by atoms with Crippen molar-refractivity contribution in [2.45, 2.75) is 69.7 Å². The molecule has 1 heterocycles. The van der Waals surface area contributed by atoms with Crippen molar-refractivity contribution in [1.29, 1.82) is 0 Å². The molecule has 1 saturated carbocycles. The van der Waals surface area contributed by atoms with Crippen LogP contribution in [0, 0.1) is 0 Å². The molecule has 0 bridgehead atoms. The Hall–Kier alpha value is -0.340. The van der Waals surface area contributed by atoms with Gasteiger partial charge in [0, 0.05) is 31.7 Å². The Balaban J connectivity index is 1.49. The highest BCUT2D eigenvalue weighted by atomic mass is 15.2. The molecule has 1 N–H and O–H groups in total. The molecule has 1 spiro atoms. The third-order valence-corrected chi connectivity index (χ3v) is 5.40. The summed E-state index contributed by atoms with van der Waals surface area (Å²) in [5.74, 6) is 0. The van der Waals surface area contributed by atoms with Crippen molar-refractivity contribution in [3.63, 3.8) is 0 Å². The number of nitrogens with zero attached hydrogens (tertiary/aromatic N) is 1. The predicted molar refractivity (Wildman–Crippen MR) is 81.4 cm³/mol. The highest BCUT2D eigenvalue weighted by molar-refractivity contribution is 5.06. The minimum Gasteiger partial charge on any atom is -0.309 e. The van der Waals surface area contributed by atoms with Gasteiger partial charge in [0.2, 0.25) is 0 Å². The Bertz CT molecular complexity index is 310. The zero-order valence-corrected chi connectivity index (χ0v) is 12.4. The summed E-state index contributed by atoms with van der Waals surface area (Å²) in [7, 11) is 0. The third kappa shape index (κ3) is 3.61. The number of rotatable bonds is 3. The first-order chi connectivity index (χ1) is 9.36. The monoisotopic (exact) mass is 262 g/mol. The minimum absolute atomic E-state index is 0.484. The average molecular weight is 262 g/mol. The fraction of sp³-hybridized carbons (Fsp3) is 0.882. The second-order valence-electron chi connectivity index (χ2n) is 6.90. The van der Waals surface area contributed by atoms with E-state index in [-0.39, 0.29) is 0 Å². The number of hydrogen-bond donors (Lipinski definition) is 1.